The van der Waals surface area contributed by atoms with E-state index in [1.807, 2.05) is 35.5 Å². The Labute approximate surface area is 210 Å². The number of imidazole rings is 1. The van der Waals surface area contributed by atoms with Crippen molar-refractivity contribution >= 4 is 39.6 Å². The topological polar surface area (TPSA) is 111 Å². The van der Waals surface area contributed by atoms with Gasteiger partial charge in [0.1, 0.15) is 28.3 Å². The lowest BCUT2D eigenvalue weighted by Crippen LogP contribution is -2.33. The average Bonchev–Trinajstić information content (AvgIpc) is 3.50. The van der Waals surface area contributed by atoms with Crippen LogP contribution in [0.1, 0.15) is 29.6 Å². The number of benzene rings is 1. The predicted molar refractivity (Wildman–Crippen MR) is 135 cm³/mol. The maximum absolute atomic E-state index is 13.4. The maximum Gasteiger partial charge on any atom is 0.407 e. The molecule has 0 fully saturated rings. The summed E-state index contributed by atoms with van der Waals surface area (Å²) in [6, 6.07) is 8.14. The van der Waals surface area contributed by atoms with Crippen LogP contribution in [-0.2, 0) is 6.42 Å². The second kappa shape index (κ2) is 9.39. The molecule has 182 valence electrons. The van der Waals surface area contributed by atoms with Gasteiger partial charge in [0.15, 0.2) is 10.8 Å². The third-order valence-electron chi connectivity index (χ3n) is 6.14. The molecule has 1 N–H and O–H groups in total. The summed E-state index contributed by atoms with van der Waals surface area (Å²) in [7, 11) is 1.88. The molecule has 1 aliphatic heterocycles. The van der Waals surface area contributed by atoms with Crippen molar-refractivity contribution in [3.8, 4) is 17.3 Å². The number of fused-ring (bicyclic) bond motifs is 1. The fourth-order valence-electron chi connectivity index (χ4n) is 4.25. The van der Waals surface area contributed by atoms with E-state index >= 15 is 0 Å². The molecule has 4 heterocycles. The van der Waals surface area contributed by atoms with E-state index in [0.29, 0.717) is 52.8 Å². The van der Waals surface area contributed by atoms with Gasteiger partial charge in [-0.3, -0.25) is 9.38 Å². The van der Waals surface area contributed by atoms with Gasteiger partial charge in [0.05, 0.1) is 17.6 Å². The highest BCUT2D eigenvalue weighted by molar-refractivity contribution is 7.16. The van der Waals surface area contributed by atoms with Crippen molar-refractivity contribution in [3.05, 3.63) is 64.8 Å². The molecule has 0 aliphatic carbocycles. The van der Waals surface area contributed by atoms with E-state index in [1.165, 1.54) is 28.4 Å². The van der Waals surface area contributed by atoms with Crippen LogP contribution >= 0.6 is 11.3 Å². The molecule has 1 aromatic carbocycles. The minimum absolute atomic E-state index is 0.323. The van der Waals surface area contributed by atoms with Gasteiger partial charge < -0.3 is 14.9 Å². The van der Waals surface area contributed by atoms with Gasteiger partial charge in [0.2, 0.25) is 0 Å². The number of thiazole rings is 1. The zero-order chi connectivity index (χ0) is 25.4. The lowest BCUT2D eigenvalue weighted by Gasteiger charge is -2.23. The first kappa shape index (κ1) is 23.4. The standard InChI is InChI=1S/C25H22FN7O2S/c1-3-18-23(31(2)24-30-22(20(12-27)36-24)16-4-6-17(26)7-5-16)33-14-19(28-13-21(33)29-18)15-8-10-32(11-9-15)25(34)35/h4-8,13-14H,3,9-11H2,1-2H3,(H,34,35). The second-order valence-electron chi connectivity index (χ2n) is 8.30. The Morgan fingerprint density at radius 1 is 1.31 bits per heavy atom. The summed E-state index contributed by atoms with van der Waals surface area (Å²) < 4.78 is 15.4. The van der Waals surface area contributed by atoms with Crippen LogP contribution in [0.25, 0.3) is 22.5 Å². The molecule has 5 rings (SSSR count). The zero-order valence-electron chi connectivity index (χ0n) is 19.6. The van der Waals surface area contributed by atoms with E-state index in [9.17, 15) is 19.6 Å². The number of hydrogen-bond donors (Lipinski definition) is 1. The van der Waals surface area contributed by atoms with Gasteiger partial charge in [-0.15, -0.1) is 0 Å². The number of aromatic nitrogens is 4. The third kappa shape index (κ3) is 4.16. The Morgan fingerprint density at radius 3 is 2.72 bits per heavy atom. The molecule has 0 saturated heterocycles. The van der Waals surface area contributed by atoms with Crippen molar-refractivity contribution < 1.29 is 14.3 Å². The van der Waals surface area contributed by atoms with Crippen LogP contribution in [-0.4, -0.2) is 55.6 Å². The van der Waals surface area contributed by atoms with Crippen molar-refractivity contribution in [1.82, 2.24) is 24.3 Å². The lowest BCUT2D eigenvalue weighted by molar-refractivity contribution is 0.150. The Bertz CT molecular complexity index is 1530. The van der Waals surface area contributed by atoms with Gasteiger partial charge in [-0.1, -0.05) is 24.3 Å². The SMILES string of the molecule is CCc1nc2cnc(C3=CCN(C(=O)O)CC3)cn2c1N(C)c1nc(-c2ccc(F)cc2)c(C#N)s1. The van der Waals surface area contributed by atoms with E-state index < -0.39 is 6.09 Å². The number of nitriles is 1. The summed E-state index contributed by atoms with van der Waals surface area (Å²) in [4.78, 5) is 29.0. The number of carbonyl (C=O) groups is 1. The normalized spacial score (nSPS) is 13.5. The molecule has 0 radical (unpaired) electrons. The summed E-state index contributed by atoms with van der Waals surface area (Å²) in [5, 5.41) is 19.5. The summed E-state index contributed by atoms with van der Waals surface area (Å²) in [5.41, 5.74) is 4.44. The summed E-state index contributed by atoms with van der Waals surface area (Å²) >= 11 is 1.26. The number of hydrogen-bond acceptors (Lipinski definition) is 7. The van der Waals surface area contributed by atoms with Crippen molar-refractivity contribution in [2.45, 2.75) is 19.8 Å². The Hall–Kier alpha value is -4.30. The molecule has 3 aromatic heterocycles. The molecule has 4 aromatic rings. The highest BCUT2D eigenvalue weighted by Crippen LogP contribution is 2.37. The van der Waals surface area contributed by atoms with E-state index in [-0.39, 0.29) is 5.82 Å². The fourth-order valence-corrected chi connectivity index (χ4v) is 5.10. The predicted octanol–water partition coefficient (Wildman–Crippen LogP) is 4.96. The van der Waals surface area contributed by atoms with Gasteiger partial charge in [-0.25, -0.2) is 19.2 Å². The summed E-state index contributed by atoms with van der Waals surface area (Å²) in [6.45, 7) is 2.76. The van der Waals surface area contributed by atoms with E-state index in [4.69, 9.17) is 9.97 Å². The first-order valence-electron chi connectivity index (χ1n) is 11.3. The van der Waals surface area contributed by atoms with Gasteiger partial charge in [0.25, 0.3) is 0 Å². The summed E-state index contributed by atoms with van der Waals surface area (Å²) in [5.74, 6) is 0.458. The number of amides is 1. The molecular weight excluding hydrogens is 481 g/mol. The summed E-state index contributed by atoms with van der Waals surface area (Å²) in [6.07, 6.45) is 5.83. The molecule has 1 aliphatic rings. The van der Waals surface area contributed by atoms with E-state index in [1.54, 1.807) is 18.3 Å². The average molecular weight is 504 g/mol. The second-order valence-corrected chi connectivity index (χ2v) is 9.27. The molecule has 11 heteroatoms. The largest absolute Gasteiger partial charge is 0.465 e. The molecule has 0 spiro atoms. The highest BCUT2D eigenvalue weighted by atomic mass is 32.1. The Morgan fingerprint density at radius 2 is 2.08 bits per heavy atom. The highest BCUT2D eigenvalue weighted by Gasteiger charge is 2.23. The molecule has 0 saturated carbocycles. The Kier molecular flexibility index (Phi) is 6.12. The monoisotopic (exact) mass is 503 g/mol. The first-order valence-corrected chi connectivity index (χ1v) is 12.2. The number of rotatable bonds is 5. The number of anilines is 2. The van der Waals surface area contributed by atoms with Crippen LogP contribution in [0.4, 0.5) is 20.1 Å². The van der Waals surface area contributed by atoms with Gasteiger partial charge in [-0.05, 0) is 42.7 Å². The van der Waals surface area contributed by atoms with Crippen molar-refractivity contribution in [3.63, 3.8) is 0 Å². The molecule has 0 unspecified atom stereocenters. The quantitative estimate of drug-likeness (QED) is 0.410. The maximum atomic E-state index is 13.4. The van der Waals surface area contributed by atoms with Crippen molar-refractivity contribution in [2.24, 2.45) is 0 Å². The zero-order valence-corrected chi connectivity index (χ0v) is 20.5. The van der Waals surface area contributed by atoms with Crippen molar-refractivity contribution in [2.75, 3.05) is 25.0 Å². The van der Waals surface area contributed by atoms with Gasteiger partial charge in [-0.2, -0.15) is 5.26 Å². The fraction of sp³-hybridized carbons (Fsp3) is 0.240. The van der Waals surface area contributed by atoms with Crippen LogP contribution in [0.3, 0.4) is 0 Å². The molecule has 9 nitrogen and oxygen atoms in total. The van der Waals surface area contributed by atoms with Crippen LogP contribution in [0.2, 0.25) is 0 Å². The lowest BCUT2D eigenvalue weighted by atomic mass is 10.1. The van der Waals surface area contributed by atoms with Crippen molar-refractivity contribution in [1.29, 1.82) is 5.26 Å². The van der Waals surface area contributed by atoms with Crippen LogP contribution in [0.5, 0.6) is 0 Å². The Balaban J connectivity index is 1.56. The molecule has 0 bridgehead atoms. The minimum atomic E-state index is -0.931. The van der Waals surface area contributed by atoms with E-state index in [2.05, 4.69) is 11.1 Å². The number of carboxylic acid groups (broad SMARTS) is 1. The van der Waals surface area contributed by atoms with Crippen LogP contribution in [0.15, 0.2) is 42.7 Å². The smallest absolute Gasteiger partial charge is 0.407 e. The number of nitrogens with zero attached hydrogens (tertiary/aromatic N) is 7. The molecular formula is C25H22FN7O2S. The minimum Gasteiger partial charge on any atom is -0.465 e. The van der Waals surface area contributed by atoms with Gasteiger partial charge in [0, 0.05) is 31.9 Å². The van der Waals surface area contributed by atoms with E-state index in [0.717, 1.165) is 22.8 Å². The third-order valence-corrected chi connectivity index (χ3v) is 7.17. The van der Waals surface area contributed by atoms with Gasteiger partial charge >= 0.3 is 6.09 Å². The number of halogens is 1. The first-order chi connectivity index (χ1) is 17.4. The van der Waals surface area contributed by atoms with Crippen LogP contribution in [0, 0.1) is 17.1 Å². The molecule has 0 atom stereocenters. The molecule has 1 amide bonds. The molecule has 36 heavy (non-hydrogen) atoms. The van der Waals surface area contributed by atoms with Crippen LogP contribution < -0.4 is 4.90 Å². The number of aryl methyl sites for hydroxylation is 1.